The summed E-state index contributed by atoms with van der Waals surface area (Å²) in [5.41, 5.74) is 2.16. The standard InChI is InChI=1S/C21H18ClFN2O2/c22-18-5-8-24-20-4-2-13(11-17(18)20)16-3-1-14(12-19(16)23)21(26)25-15-6-9-27-10-7-15/h1-5,8,11-12,15H,6-7,9-10H2,(H,25,26). The van der Waals surface area contributed by atoms with E-state index in [0.29, 0.717) is 34.9 Å². The van der Waals surface area contributed by atoms with Crippen LogP contribution >= 0.6 is 11.6 Å². The number of hydrogen-bond acceptors (Lipinski definition) is 3. The number of fused-ring (bicyclic) bond motifs is 1. The van der Waals surface area contributed by atoms with Crippen molar-refractivity contribution in [2.24, 2.45) is 0 Å². The molecule has 1 aromatic heterocycles. The Morgan fingerprint density at radius 1 is 1.15 bits per heavy atom. The zero-order valence-corrected chi connectivity index (χ0v) is 15.3. The lowest BCUT2D eigenvalue weighted by Gasteiger charge is -2.23. The van der Waals surface area contributed by atoms with Crippen molar-refractivity contribution >= 4 is 28.4 Å². The Morgan fingerprint density at radius 2 is 1.96 bits per heavy atom. The summed E-state index contributed by atoms with van der Waals surface area (Å²) in [5, 5.41) is 4.27. The average molecular weight is 385 g/mol. The predicted octanol–water partition coefficient (Wildman–Crippen LogP) is 4.60. The van der Waals surface area contributed by atoms with Gasteiger partial charge in [-0.1, -0.05) is 23.7 Å². The van der Waals surface area contributed by atoms with E-state index in [2.05, 4.69) is 10.3 Å². The second-order valence-electron chi connectivity index (χ2n) is 6.58. The quantitative estimate of drug-likeness (QED) is 0.717. The van der Waals surface area contributed by atoms with Gasteiger partial charge in [0.2, 0.25) is 0 Å². The lowest BCUT2D eigenvalue weighted by Crippen LogP contribution is -2.38. The van der Waals surface area contributed by atoms with Crippen molar-refractivity contribution in [2.75, 3.05) is 13.2 Å². The van der Waals surface area contributed by atoms with Crippen LogP contribution in [0.15, 0.2) is 48.7 Å². The van der Waals surface area contributed by atoms with E-state index in [1.807, 2.05) is 12.1 Å². The van der Waals surface area contributed by atoms with Crippen LogP contribution in [0.5, 0.6) is 0 Å². The number of benzene rings is 2. The number of carbonyl (C=O) groups excluding carboxylic acids is 1. The van der Waals surface area contributed by atoms with Gasteiger partial charge < -0.3 is 10.1 Å². The Labute approximate surface area is 161 Å². The van der Waals surface area contributed by atoms with Gasteiger partial charge in [-0.3, -0.25) is 9.78 Å². The van der Waals surface area contributed by atoms with E-state index in [9.17, 15) is 9.18 Å². The number of amides is 1. The maximum absolute atomic E-state index is 14.7. The van der Waals surface area contributed by atoms with Gasteiger partial charge in [0.05, 0.1) is 10.5 Å². The Hall–Kier alpha value is -2.50. The van der Waals surface area contributed by atoms with Crippen molar-refractivity contribution in [2.45, 2.75) is 18.9 Å². The van der Waals surface area contributed by atoms with Gasteiger partial charge in [-0.2, -0.15) is 0 Å². The number of nitrogens with zero attached hydrogens (tertiary/aromatic N) is 1. The van der Waals surface area contributed by atoms with E-state index in [1.54, 1.807) is 30.5 Å². The molecule has 6 heteroatoms. The lowest BCUT2D eigenvalue weighted by molar-refractivity contribution is 0.0696. The van der Waals surface area contributed by atoms with E-state index in [1.165, 1.54) is 6.07 Å². The highest BCUT2D eigenvalue weighted by atomic mass is 35.5. The highest BCUT2D eigenvalue weighted by Crippen LogP contribution is 2.29. The van der Waals surface area contributed by atoms with Gasteiger partial charge in [0.1, 0.15) is 5.82 Å². The van der Waals surface area contributed by atoms with Crippen molar-refractivity contribution in [3.63, 3.8) is 0 Å². The third-order valence-corrected chi connectivity index (χ3v) is 5.12. The third-order valence-electron chi connectivity index (χ3n) is 4.79. The molecule has 1 N–H and O–H groups in total. The van der Waals surface area contributed by atoms with E-state index in [0.717, 1.165) is 23.7 Å². The third kappa shape index (κ3) is 3.80. The zero-order chi connectivity index (χ0) is 18.8. The molecule has 1 aliphatic heterocycles. The molecule has 4 rings (SSSR count). The summed E-state index contributed by atoms with van der Waals surface area (Å²) in [4.78, 5) is 16.6. The van der Waals surface area contributed by atoms with E-state index >= 15 is 0 Å². The minimum absolute atomic E-state index is 0.0733. The highest BCUT2D eigenvalue weighted by Gasteiger charge is 2.18. The monoisotopic (exact) mass is 384 g/mol. The van der Waals surface area contributed by atoms with Crippen LogP contribution in [0.3, 0.4) is 0 Å². The zero-order valence-electron chi connectivity index (χ0n) is 14.5. The molecule has 2 aromatic carbocycles. The van der Waals surface area contributed by atoms with E-state index in [4.69, 9.17) is 16.3 Å². The van der Waals surface area contributed by atoms with E-state index in [-0.39, 0.29) is 11.9 Å². The number of hydrogen-bond donors (Lipinski definition) is 1. The molecule has 27 heavy (non-hydrogen) atoms. The molecule has 4 nitrogen and oxygen atoms in total. The summed E-state index contributed by atoms with van der Waals surface area (Å²) in [5.74, 6) is -0.716. The van der Waals surface area contributed by atoms with Crippen LogP contribution < -0.4 is 5.32 Å². The first-order valence-electron chi connectivity index (χ1n) is 8.84. The fraction of sp³-hybridized carbons (Fsp3) is 0.238. The molecule has 1 fully saturated rings. The molecule has 1 aliphatic rings. The van der Waals surface area contributed by atoms with E-state index < -0.39 is 5.82 Å². The Kier molecular flexibility index (Phi) is 5.05. The predicted molar refractivity (Wildman–Crippen MR) is 103 cm³/mol. The molecule has 0 atom stereocenters. The molecule has 138 valence electrons. The molecule has 0 saturated carbocycles. The molecule has 0 aliphatic carbocycles. The maximum atomic E-state index is 14.7. The summed E-state index contributed by atoms with van der Waals surface area (Å²) in [7, 11) is 0. The van der Waals surface area contributed by atoms with Crippen molar-refractivity contribution in [3.8, 4) is 11.1 Å². The van der Waals surface area contributed by atoms with Crippen LogP contribution in [-0.2, 0) is 4.74 Å². The van der Waals surface area contributed by atoms with Crippen LogP contribution in [-0.4, -0.2) is 30.1 Å². The largest absolute Gasteiger partial charge is 0.381 e. The summed E-state index contributed by atoms with van der Waals surface area (Å²) in [6.07, 6.45) is 3.19. The Bertz CT molecular complexity index is 1000. The second kappa shape index (κ2) is 7.62. The van der Waals surface area contributed by atoms with Gasteiger partial charge in [0.15, 0.2) is 0 Å². The van der Waals surface area contributed by atoms with Crippen molar-refractivity contribution in [1.82, 2.24) is 10.3 Å². The number of halogens is 2. The van der Waals surface area contributed by atoms with Gasteiger partial charge in [-0.05, 0) is 48.7 Å². The molecule has 0 radical (unpaired) electrons. The molecule has 1 amide bonds. The summed E-state index contributed by atoms with van der Waals surface area (Å²) < 4.78 is 20.0. The van der Waals surface area contributed by atoms with Gasteiger partial charge in [0, 0.05) is 42.0 Å². The van der Waals surface area contributed by atoms with Crippen molar-refractivity contribution in [1.29, 1.82) is 0 Å². The fourth-order valence-electron chi connectivity index (χ4n) is 3.28. The van der Waals surface area contributed by atoms with Crippen LogP contribution in [0.25, 0.3) is 22.0 Å². The van der Waals surface area contributed by atoms with Crippen LogP contribution in [0.2, 0.25) is 5.02 Å². The molecule has 2 heterocycles. The summed E-state index contributed by atoms with van der Waals surface area (Å²) >= 11 is 6.22. The first-order valence-corrected chi connectivity index (χ1v) is 9.22. The summed E-state index contributed by atoms with van der Waals surface area (Å²) in [6, 6.07) is 11.7. The summed E-state index contributed by atoms with van der Waals surface area (Å²) in [6.45, 7) is 1.27. The minimum Gasteiger partial charge on any atom is -0.381 e. The normalized spacial score (nSPS) is 15.0. The molecular formula is C21H18ClFN2O2. The van der Waals surface area contributed by atoms with Crippen molar-refractivity contribution in [3.05, 3.63) is 65.1 Å². The first kappa shape index (κ1) is 17.9. The second-order valence-corrected chi connectivity index (χ2v) is 6.99. The smallest absolute Gasteiger partial charge is 0.251 e. The van der Waals surface area contributed by atoms with Crippen LogP contribution in [0.1, 0.15) is 23.2 Å². The van der Waals surface area contributed by atoms with Gasteiger partial charge in [0.25, 0.3) is 5.91 Å². The van der Waals surface area contributed by atoms with Crippen molar-refractivity contribution < 1.29 is 13.9 Å². The fourth-order valence-corrected chi connectivity index (χ4v) is 3.49. The molecule has 0 unspecified atom stereocenters. The Morgan fingerprint density at radius 3 is 2.74 bits per heavy atom. The van der Waals surface area contributed by atoms with Gasteiger partial charge >= 0.3 is 0 Å². The molecule has 3 aromatic rings. The highest BCUT2D eigenvalue weighted by molar-refractivity contribution is 6.35. The first-order chi connectivity index (χ1) is 13.1. The van der Waals surface area contributed by atoms with Gasteiger partial charge in [-0.15, -0.1) is 0 Å². The van der Waals surface area contributed by atoms with Crippen LogP contribution in [0.4, 0.5) is 4.39 Å². The minimum atomic E-state index is -0.450. The number of rotatable bonds is 3. The molecule has 1 saturated heterocycles. The number of carbonyl (C=O) groups is 1. The van der Waals surface area contributed by atoms with Crippen LogP contribution in [0, 0.1) is 5.82 Å². The molecular weight excluding hydrogens is 367 g/mol. The average Bonchev–Trinajstić information content (AvgIpc) is 2.69. The number of nitrogens with one attached hydrogen (secondary N) is 1. The Balaban J connectivity index is 1.60. The molecule has 0 bridgehead atoms. The number of pyridine rings is 1. The SMILES string of the molecule is O=C(NC1CCOCC1)c1ccc(-c2ccc3nccc(Cl)c3c2)c(F)c1. The number of aromatic nitrogens is 1. The number of ether oxygens (including phenoxy) is 1. The van der Waals surface area contributed by atoms with Gasteiger partial charge in [-0.25, -0.2) is 4.39 Å². The topological polar surface area (TPSA) is 51.2 Å². The maximum Gasteiger partial charge on any atom is 0.251 e. The molecule has 0 spiro atoms. The lowest BCUT2D eigenvalue weighted by atomic mass is 10.0.